The molecular weight excluding hydrogens is 250 g/mol. The molecule has 0 unspecified atom stereocenters. The molecule has 2 aromatic rings. The van der Waals surface area contributed by atoms with Crippen molar-refractivity contribution in [1.82, 2.24) is 10.5 Å². The molecule has 0 aliphatic heterocycles. The van der Waals surface area contributed by atoms with Crippen molar-refractivity contribution < 1.29 is 14.4 Å². The van der Waals surface area contributed by atoms with Crippen LogP contribution in [0.5, 0.6) is 0 Å². The van der Waals surface area contributed by atoms with Crippen LogP contribution in [0.3, 0.4) is 0 Å². The van der Waals surface area contributed by atoms with E-state index in [2.05, 4.69) is 9.82 Å². The van der Waals surface area contributed by atoms with Crippen molar-refractivity contribution in [2.75, 3.05) is 6.61 Å². The normalized spacial score (nSPS) is 10.3. The average Bonchev–Trinajstić information content (AvgIpc) is 2.38. The van der Waals surface area contributed by atoms with E-state index in [1.165, 1.54) is 0 Å². The van der Waals surface area contributed by atoms with Crippen LogP contribution in [0.15, 0.2) is 35.1 Å². The number of fused-ring (bicyclic) bond motifs is 1. The van der Waals surface area contributed by atoms with Gasteiger partial charge in [0.15, 0.2) is 12.0 Å². The molecule has 19 heavy (non-hydrogen) atoms. The first-order valence-corrected chi connectivity index (χ1v) is 5.40. The highest BCUT2D eigenvalue weighted by molar-refractivity contribution is 5.94. The molecular formula is C12H11N3O4. The zero-order chi connectivity index (χ0) is 13.8. The van der Waals surface area contributed by atoms with Gasteiger partial charge in [0.25, 0.3) is 5.91 Å². The Morgan fingerprint density at radius 2 is 2.05 bits per heavy atom. The Labute approximate surface area is 107 Å². The predicted molar refractivity (Wildman–Crippen MR) is 67.2 cm³/mol. The number of rotatable bonds is 4. The van der Waals surface area contributed by atoms with Gasteiger partial charge in [0, 0.05) is 17.0 Å². The van der Waals surface area contributed by atoms with E-state index in [-0.39, 0.29) is 11.1 Å². The lowest BCUT2D eigenvalue weighted by Gasteiger charge is -2.05. The average molecular weight is 261 g/mol. The smallest absolute Gasteiger partial charge is 0.291 e. The van der Waals surface area contributed by atoms with Gasteiger partial charge in [-0.15, -0.1) is 0 Å². The maximum atomic E-state index is 11.8. The molecule has 0 aliphatic carbocycles. The molecule has 0 bridgehead atoms. The van der Waals surface area contributed by atoms with E-state index in [0.29, 0.717) is 10.9 Å². The summed E-state index contributed by atoms with van der Waals surface area (Å²) in [5.41, 5.74) is 7.14. The molecule has 98 valence electrons. The van der Waals surface area contributed by atoms with E-state index in [1.54, 1.807) is 24.3 Å². The number of pyridine rings is 1. The molecule has 0 saturated carbocycles. The van der Waals surface area contributed by atoms with Crippen LogP contribution in [-0.2, 0) is 9.63 Å². The summed E-state index contributed by atoms with van der Waals surface area (Å²) >= 11 is 0. The number of primary amides is 1. The Bertz CT molecular complexity index is 693. The Morgan fingerprint density at radius 1 is 1.32 bits per heavy atom. The molecule has 1 aromatic heterocycles. The first-order chi connectivity index (χ1) is 9.08. The number of hydrogen-bond donors (Lipinski definition) is 3. The molecule has 1 aromatic carbocycles. The molecule has 0 fully saturated rings. The number of H-pyrrole nitrogens is 1. The predicted octanol–water partition coefficient (Wildman–Crippen LogP) is -0.325. The number of aromatic nitrogens is 1. The van der Waals surface area contributed by atoms with Crippen LogP contribution < -0.4 is 16.6 Å². The molecule has 0 saturated heterocycles. The van der Waals surface area contributed by atoms with Crippen LogP contribution in [-0.4, -0.2) is 23.4 Å². The van der Waals surface area contributed by atoms with Gasteiger partial charge in [0.1, 0.15) is 5.69 Å². The fourth-order valence-corrected chi connectivity index (χ4v) is 1.55. The number of nitrogens with one attached hydrogen (secondary N) is 2. The van der Waals surface area contributed by atoms with Crippen molar-refractivity contribution in [1.29, 1.82) is 0 Å². The Hall–Kier alpha value is -2.67. The van der Waals surface area contributed by atoms with E-state index in [9.17, 15) is 14.4 Å². The van der Waals surface area contributed by atoms with E-state index >= 15 is 0 Å². The highest BCUT2D eigenvalue weighted by Gasteiger charge is 2.09. The third-order valence-corrected chi connectivity index (χ3v) is 2.36. The van der Waals surface area contributed by atoms with Gasteiger partial charge in [0.05, 0.1) is 0 Å². The van der Waals surface area contributed by atoms with E-state index in [4.69, 9.17) is 5.73 Å². The molecule has 1 heterocycles. The van der Waals surface area contributed by atoms with Crippen LogP contribution in [0.2, 0.25) is 0 Å². The number of carbonyl (C=O) groups excluding carboxylic acids is 2. The van der Waals surface area contributed by atoms with Crippen molar-refractivity contribution in [3.05, 3.63) is 46.2 Å². The van der Waals surface area contributed by atoms with Gasteiger partial charge in [-0.3, -0.25) is 19.2 Å². The summed E-state index contributed by atoms with van der Waals surface area (Å²) in [6, 6.07) is 7.96. The van der Waals surface area contributed by atoms with Crippen LogP contribution in [0.4, 0.5) is 0 Å². The first-order valence-electron chi connectivity index (χ1n) is 5.40. The van der Waals surface area contributed by atoms with Crippen molar-refractivity contribution in [3.63, 3.8) is 0 Å². The minimum absolute atomic E-state index is 0.0353. The summed E-state index contributed by atoms with van der Waals surface area (Å²) in [7, 11) is 0. The summed E-state index contributed by atoms with van der Waals surface area (Å²) < 4.78 is 0. The lowest BCUT2D eigenvalue weighted by atomic mass is 10.2. The molecule has 0 aliphatic rings. The third kappa shape index (κ3) is 2.96. The van der Waals surface area contributed by atoms with Crippen molar-refractivity contribution >= 4 is 22.7 Å². The molecule has 0 atom stereocenters. The highest BCUT2D eigenvalue weighted by Crippen LogP contribution is 2.07. The van der Waals surface area contributed by atoms with Gasteiger partial charge in [-0.2, -0.15) is 0 Å². The maximum absolute atomic E-state index is 11.8. The number of amides is 2. The van der Waals surface area contributed by atoms with Gasteiger partial charge in [-0.05, 0) is 12.1 Å². The van der Waals surface area contributed by atoms with Crippen molar-refractivity contribution in [2.24, 2.45) is 5.73 Å². The summed E-state index contributed by atoms with van der Waals surface area (Å²) in [6.07, 6.45) is 0. The summed E-state index contributed by atoms with van der Waals surface area (Å²) in [4.78, 5) is 41.2. The van der Waals surface area contributed by atoms with E-state index < -0.39 is 18.4 Å². The highest BCUT2D eigenvalue weighted by atomic mass is 16.7. The second kappa shape index (κ2) is 5.32. The van der Waals surface area contributed by atoms with Crippen molar-refractivity contribution in [2.45, 2.75) is 0 Å². The second-order valence-electron chi connectivity index (χ2n) is 3.78. The van der Waals surface area contributed by atoms with E-state index in [0.717, 1.165) is 6.07 Å². The number of aromatic amines is 1. The number of carbonyl (C=O) groups is 2. The molecule has 2 amide bonds. The zero-order valence-corrected chi connectivity index (χ0v) is 9.80. The van der Waals surface area contributed by atoms with Crippen molar-refractivity contribution in [3.8, 4) is 0 Å². The largest absolute Gasteiger partial charge is 0.368 e. The molecule has 0 radical (unpaired) electrons. The van der Waals surface area contributed by atoms with E-state index in [1.807, 2.05) is 5.48 Å². The summed E-state index contributed by atoms with van der Waals surface area (Å²) in [5.74, 6) is -1.38. The summed E-state index contributed by atoms with van der Waals surface area (Å²) in [5, 5.41) is 0.483. The molecule has 7 heteroatoms. The zero-order valence-electron chi connectivity index (χ0n) is 9.80. The Morgan fingerprint density at radius 3 is 2.79 bits per heavy atom. The van der Waals surface area contributed by atoms with Gasteiger partial charge >= 0.3 is 0 Å². The maximum Gasteiger partial charge on any atom is 0.291 e. The second-order valence-corrected chi connectivity index (χ2v) is 3.78. The van der Waals surface area contributed by atoms with Gasteiger partial charge in [0.2, 0.25) is 5.91 Å². The standard InChI is InChI=1S/C12H11N3O4/c13-11(17)6-19-15-12(18)9-5-10(16)7-3-1-2-4-8(7)14-9/h1-5H,6H2,(H2,13,17)(H,14,16)(H,15,18). The number of benzene rings is 1. The van der Waals surface area contributed by atoms with Crippen LogP contribution >= 0.6 is 0 Å². The fourth-order valence-electron chi connectivity index (χ4n) is 1.55. The minimum Gasteiger partial charge on any atom is -0.368 e. The number of hydrogen-bond acceptors (Lipinski definition) is 4. The minimum atomic E-state index is -0.715. The van der Waals surface area contributed by atoms with Gasteiger partial charge < -0.3 is 10.7 Å². The topological polar surface area (TPSA) is 114 Å². The number of nitrogens with two attached hydrogens (primary N) is 1. The van der Waals surface area contributed by atoms with Crippen LogP contribution in [0.25, 0.3) is 10.9 Å². The molecule has 7 nitrogen and oxygen atoms in total. The Kier molecular flexibility index (Phi) is 3.58. The Balaban J connectivity index is 2.23. The van der Waals surface area contributed by atoms with Gasteiger partial charge in [-0.25, -0.2) is 5.48 Å². The van der Waals surface area contributed by atoms with Crippen LogP contribution in [0, 0.1) is 0 Å². The van der Waals surface area contributed by atoms with Gasteiger partial charge in [-0.1, -0.05) is 12.1 Å². The number of para-hydroxylation sites is 1. The monoisotopic (exact) mass is 261 g/mol. The fraction of sp³-hybridized carbons (Fsp3) is 0.0833. The number of hydroxylamine groups is 1. The van der Waals surface area contributed by atoms with Crippen LogP contribution in [0.1, 0.15) is 10.5 Å². The molecule has 0 spiro atoms. The molecule has 2 rings (SSSR count). The third-order valence-electron chi connectivity index (χ3n) is 2.36. The summed E-state index contributed by atoms with van der Waals surface area (Å²) in [6.45, 7) is -0.441. The SMILES string of the molecule is NC(=O)CONC(=O)c1cc(=O)c2ccccc2[nH]1. The quantitative estimate of drug-likeness (QED) is 0.654. The first kappa shape index (κ1) is 12.8. The lowest BCUT2D eigenvalue weighted by Crippen LogP contribution is -2.30. The molecule has 4 N–H and O–H groups in total. The lowest BCUT2D eigenvalue weighted by molar-refractivity contribution is -0.124.